The SMILES string of the molecule is Cc1ccc(-n2nc(C(=O)NC[C@H]3CCCO3)c(C)c2Oc2ccc([N+](=O)[O-])cc2S(=O)(=O)NC(C)C)cc1. The lowest BCUT2D eigenvalue weighted by Crippen LogP contribution is -2.32. The molecule has 0 spiro atoms. The minimum atomic E-state index is -4.19. The number of benzene rings is 2. The lowest BCUT2D eigenvalue weighted by molar-refractivity contribution is -0.385. The van der Waals surface area contributed by atoms with Gasteiger partial charge in [0.2, 0.25) is 15.9 Å². The molecule has 1 atom stereocenters. The molecule has 4 rings (SSSR count). The van der Waals surface area contributed by atoms with E-state index in [1.54, 1.807) is 32.9 Å². The van der Waals surface area contributed by atoms with Gasteiger partial charge in [-0.1, -0.05) is 17.7 Å². The van der Waals surface area contributed by atoms with Crippen molar-refractivity contribution in [3.8, 4) is 17.3 Å². The summed E-state index contributed by atoms with van der Waals surface area (Å²) in [5.74, 6) is -0.496. The Balaban J connectivity index is 1.79. The fourth-order valence-electron chi connectivity index (χ4n) is 4.16. The Morgan fingerprint density at radius 3 is 2.56 bits per heavy atom. The highest BCUT2D eigenvalue weighted by molar-refractivity contribution is 7.89. The van der Waals surface area contributed by atoms with Gasteiger partial charge in [0.25, 0.3) is 11.6 Å². The van der Waals surface area contributed by atoms with Crippen LogP contribution >= 0.6 is 0 Å². The molecule has 0 aliphatic carbocycles. The second kappa shape index (κ2) is 11.5. The number of ether oxygens (including phenoxy) is 2. The van der Waals surface area contributed by atoms with Crippen LogP contribution in [0, 0.1) is 24.0 Å². The first-order valence-corrected chi connectivity index (χ1v) is 14.0. The number of carbonyl (C=O) groups is 1. The zero-order valence-corrected chi connectivity index (χ0v) is 22.9. The lowest BCUT2D eigenvalue weighted by atomic mass is 10.2. The molecular formula is C26H31N5O7S. The predicted octanol–water partition coefficient (Wildman–Crippen LogP) is 3.79. The van der Waals surface area contributed by atoms with Gasteiger partial charge in [0.1, 0.15) is 10.6 Å². The van der Waals surface area contributed by atoms with Gasteiger partial charge in [0, 0.05) is 36.9 Å². The Morgan fingerprint density at radius 1 is 1.23 bits per heavy atom. The van der Waals surface area contributed by atoms with Crippen LogP contribution in [0.25, 0.3) is 5.69 Å². The third kappa shape index (κ3) is 6.44. The smallest absolute Gasteiger partial charge is 0.272 e. The van der Waals surface area contributed by atoms with E-state index < -0.39 is 37.5 Å². The second-order valence-corrected chi connectivity index (χ2v) is 11.3. The Morgan fingerprint density at radius 2 is 1.95 bits per heavy atom. The van der Waals surface area contributed by atoms with Crippen LogP contribution in [0.2, 0.25) is 0 Å². The Kier molecular flexibility index (Phi) is 8.33. The van der Waals surface area contributed by atoms with E-state index >= 15 is 0 Å². The largest absolute Gasteiger partial charge is 0.437 e. The Bertz CT molecular complexity index is 1480. The monoisotopic (exact) mass is 557 g/mol. The lowest BCUT2D eigenvalue weighted by Gasteiger charge is -2.15. The van der Waals surface area contributed by atoms with E-state index in [1.165, 1.54) is 10.7 Å². The Hall–Kier alpha value is -3.81. The van der Waals surface area contributed by atoms with E-state index in [9.17, 15) is 23.3 Å². The van der Waals surface area contributed by atoms with Crippen molar-refractivity contribution in [3.63, 3.8) is 0 Å². The van der Waals surface area contributed by atoms with Gasteiger partial charge in [0.05, 0.1) is 16.7 Å². The fraction of sp³-hybridized carbons (Fsp3) is 0.385. The molecule has 208 valence electrons. The number of aromatic nitrogens is 2. The van der Waals surface area contributed by atoms with Crippen molar-refractivity contribution in [1.82, 2.24) is 19.8 Å². The van der Waals surface area contributed by atoms with E-state index in [2.05, 4.69) is 15.1 Å². The molecule has 3 aromatic rings. The van der Waals surface area contributed by atoms with Crippen molar-refractivity contribution < 1.29 is 27.6 Å². The topological polar surface area (TPSA) is 155 Å². The van der Waals surface area contributed by atoms with Crippen LogP contribution in [0.1, 0.15) is 48.3 Å². The normalized spacial score (nSPS) is 15.5. The number of hydrogen-bond donors (Lipinski definition) is 2. The van der Waals surface area contributed by atoms with Gasteiger partial charge in [-0.25, -0.2) is 13.1 Å². The van der Waals surface area contributed by atoms with Crippen LogP contribution in [0.3, 0.4) is 0 Å². The number of nitrogens with zero attached hydrogens (tertiary/aromatic N) is 3. The van der Waals surface area contributed by atoms with Crippen molar-refractivity contribution in [3.05, 3.63) is 69.4 Å². The third-order valence-electron chi connectivity index (χ3n) is 6.10. The highest BCUT2D eigenvalue weighted by Crippen LogP contribution is 2.35. The summed E-state index contributed by atoms with van der Waals surface area (Å²) >= 11 is 0. The molecular weight excluding hydrogens is 526 g/mol. The van der Waals surface area contributed by atoms with E-state index in [0.29, 0.717) is 24.4 Å². The van der Waals surface area contributed by atoms with Crippen molar-refractivity contribution >= 4 is 21.6 Å². The molecule has 1 aromatic heterocycles. The van der Waals surface area contributed by atoms with Crippen LogP contribution < -0.4 is 14.8 Å². The van der Waals surface area contributed by atoms with Crippen molar-refractivity contribution in [2.75, 3.05) is 13.2 Å². The molecule has 1 aliphatic rings. The highest BCUT2D eigenvalue weighted by atomic mass is 32.2. The van der Waals surface area contributed by atoms with E-state index in [4.69, 9.17) is 9.47 Å². The molecule has 1 fully saturated rings. The van der Waals surface area contributed by atoms with Crippen LogP contribution in [0.15, 0.2) is 47.4 Å². The van der Waals surface area contributed by atoms with E-state index in [0.717, 1.165) is 30.5 Å². The van der Waals surface area contributed by atoms with E-state index in [1.807, 2.05) is 19.1 Å². The van der Waals surface area contributed by atoms with Crippen LogP contribution in [-0.4, -0.2) is 54.3 Å². The van der Waals surface area contributed by atoms with Crippen molar-refractivity contribution in [2.45, 2.75) is 57.6 Å². The molecule has 0 saturated carbocycles. The van der Waals surface area contributed by atoms with Crippen molar-refractivity contribution in [2.24, 2.45) is 0 Å². The molecule has 2 aromatic carbocycles. The number of rotatable bonds is 10. The third-order valence-corrected chi connectivity index (χ3v) is 7.78. The number of amides is 1. The minimum absolute atomic E-state index is 0.0644. The fourth-order valence-corrected chi connectivity index (χ4v) is 5.55. The molecule has 39 heavy (non-hydrogen) atoms. The zero-order chi connectivity index (χ0) is 28.3. The summed E-state index contributed by atoms with van der Waals surface area (Å²) in [6, 6.07) is 10.1. The number of non-ortho nitro benzene ring substituents is 1. The number of sulfonamides is 1. The first-order valence-electron chi connectivity index (χ1n) is 12.5. The number of carbonyl (C=O) groups excluding carboxylic acids is 1. The van der Waals surface area contributed by atoms with Gasteiger partial charge >= 0.3 is 0 Å². The summed E-state index contributed by atoms with van der Waals surface area (Å²) in [7, 11) is -4.19. The van der Waals surface area contributed by atoms with Crippen LogP contribution in [-0.2, 0) is 14.8 Å². The first kappa shape index (κ1) is 28.2. The summed E-state index contributed by atoms with van der Waals surface area (Å²) in [5, 5.41) is 18.8. The Labute approximate surface area is 226 Å². The van der Waals surface area contributed by atoms with Gasteiger partial charge in [-0.15, -0.1) is 0 Å². The quantitative estimate of drug-likeness (QED) is 0.282. The molecule has 2 N–H and O–H groups in total. The predicted molar refractivity (Wildman–Crippen MR) is 143 cm³/mol. The first-order chi connectivity index (χ1) is 18.5. The molecule has 0 bridgehead atoms. The van der Waals surface area contributed by atoms with Crippen LogP contribution in [0.4, 0.5) is 5.69 Å². The number of nitro groups is 1. The van der Waals surface area contributed by atoms with E-state index in [-0.39, 0.29) is 23.4 Å². The summed E-state index contributed by atoms with van der Waals surface area (Å²) in [6.07, 6.45) is 1.73. The highest BCUT2D eigenvalue weighted by Gasteiger charge is 2.28. The molecule has 13 heteroatoms. The molecule has 2 heterocycles. The van der Waals surface area contributed by atoms with Crippen LogP contribution in [0.5, 0.6) is 11.6 Å². The maximum atomic E-state index is 13.1. The average molecular weight is 558 g/mol. The number of nitrogens with one attached hydrogen (secondary N) is 2. The average Bonchev–Trinajstić information content (AvgIpc) is 3.51. The van der Waals surface area contributed by atoms with Gasteiger partial charge in [-0.05, 0) is 58.7 Å². The molecule has 0 radical (unpaired) electrons. The summed E-state index contributed by atoms with van der Waals surface area (Å²) in [6.45, 7) is 7.82. The molecule has 1 amide bonds. The minimum Gasteiger partial charge on any atom is -0.437 e. The molecule has 0 unspecified atom stereocenters. The molecule has 12 nitrogen and oxygen atoms in total. The summed E-state index contributed by atoms with van der Waals surface area (Å²) < 4.78 is 41.8. The second-order valence-electron chi connectivity index (χ2n) is 9.64. The zero-order valence-electron chi connectivity index (χ0n) is 22.1. The van der Waals surface area contributed by atoms with Crippen molar-refractivity contribution in [1.29, 1.82) is 0 Å². The van der Waals surface area contributed by atoms with Gasteiger partial charge in [-0.3, -0.25) is 14.9 Å². The standard InChI is InChI=1S/C26H31N5O7S/c1-16(2)29-39(35,36)23-14-20(31(33)34)11-12-22(23)38-26-18(4)24(25(32)27-15-21-6-5-13-37-21)28-30(26)19-9-7-17(3)8-10-19/h7-12,14,16,21,29H,5-6,13,15H2,1-4H3,(H,27,32)/t21-/m1/s1. The number of nitro benzene ring substituents is 1. The molecule has 1 aliphatic heterocycles. The molecule has 1 saturated heterocycles. The van der Waals surface area contributed by atoms with Gasteiger partial charge in [-0.2, -0.15) is 9.78 Å². The maximum absolute atomic E-state index is 13.1. The number of aryl methyl sites for hydroxylation is 1. The maximum Gasteiger partial charge on any atom is 0.272 e. The summed E-state index contributed by atoms with van der Waals surface area (Å²) in [4.78, 5) is 23.4. The van der Waals surface area contributed by atoms with Gasteiger partial charge in [0.15, 0.2) is 5.69 Å². The van der Waals surface area contributed by atoms with Gasteiger partial charge < -0.3 is 14.8 Å². The number of hydrogen-bond acceptors (Lipinski definition) is 8. The summed E-state index contributed by atoms with van der Waals surface area (Å²) in [5.41, 5.74) is 1.62.